The molecule has 0 aromatic rings. The lowest BCUT2D eigenvalue weighted by molar-refractivity contribution is -0.157. The first-order valence-electron chi connectivity index (χ1n) is 11.6. The highest BCUT2D eigenvalue weighted by Gasteiger charge is 2.26. The molecule has 0 aliphatic heterocycles. The fourth-order valence-electron chi connectivity index (χ4n) is 3.79. The van der Waals surface area contributed by atoms with Gasteiger partial charge in [-0.15, -0.1) is 0 Å². The smallest absolute Gasteiger partial charge is 0.303 e. The molecule has 0 saturated heterocycles. The largest absolute Gasteiger partial charge is 0.460 e. The van der Waals surface area contributed by atoms with E-state index in [2.05, 4.69) is 13.8 Å². The van der Waals surface area contributed by atoms with Gasteiger partial charge in [0.25, 0.3) is 0 Å². The lowest BCUT2D eigenvalue weighted by Gasteiger charge is -2.29. The van der Waals surface area contributed by atoms with Gasteiger partial charge in [0.1, 0.15) is 11.4 Å². The lowest BCUT2D eigenvalue weighted by Crippen LogP contribution is -2.31. The first-order valence-corrected chi connectivity index (χ1v) is 11.6. The first-order chi connectivity index (χ1) is 12.9. The van der Waals surface area contributed by atoms with E-state index in [4.69, 9.17) is 4.74 Å². The molecule has 3 nitrogen and oxygen atoms in total. The highest BCUT2D eigenvalue weighted by molar-refractivity contribution is 5.75. The molecule has 0 amide bonds. The van der Waals surface area contributed by atoms with E-state index in [-0.39, 0.29) is 11.6 Å². The quantitative estimate of drug-likeness (QED) is 0.171. The third-order valence-corrected chi connectivity index (χ3v) is 5.43. The van der Waals surface area contributed by atoms with Gasteiger partial charge in [0.2, 0.25) is 0 Å². The van der Waals surface area contributed by atoms with Crippen LogP contribution in [0, 0.1) is 0 Å². The summed E-state index contributed by atoms with van der Waals surface area (Å²) in [6.07, 6.45) is 20.0. The van der Waals surface area contributed by atoms with E-state index in [0.29, 0.717) is 5.78 Å². The summed E-state index contributed by atoms with van der Waals surface area (Å²) in [5.41, 5.74) is -0.281. The Morgan fingerprint density at radius 1 is 0.667 bits per heavy atom. The molecule has 1 atom stereocenters. The number of Topliss-reactive ketones (excluding diaryl/α,β-unsaturated/α-hetero) is 1. The number of unbranched alkanes of at least 4 members (excludes halogenated alkanes) is 12. The Kier molecular flexibility index (Phi) is 16.7. The van der Waals surface area contributed by atoms with Crippen LogP contribution in [0.2, 0.25) is 0 Å². The van der Waals surface area contributed by atoms with Gasteiger partial charge in [-0.2, -0.15) is 0 Å². The summed E-state index contributed by atoms with van der Waals surface area (Å²) in [5, 5.41) is 0. The predicted molar refractivity (Wildman–Crippen MR) is 115 cm³/mol. The van der Waals surface area contributed by atoms with E-state index in [1.165, 1.54) is 77.6 Å². The minimum absolute atomic E-state index is 0.147. The number of hydrogen-bond donors (Lipinski definition) is 0. The molecule has 0 heterocycles. The van der Waals surface area contributed by atoms with Gasteiger partial charge in [-0.25, -0.2) is 0 Å². The van der Waals surface area contributed by atoms with Gasteiger partial charge in [0.05, 0.1) is 0 Å². The molecule has 0 spiro atoms. The van der Waals surface area contributed by atoms with Crippen LogP contribution in [0.25, 0.3) is 0 Å². The van der Waals surface area contributed by atoms with Crippen molar-refractivity contribution in [2.45, 2.75) is 142 Å². The second kappa shape index (κ2) is 17.3. The second-order valence-corrected chi connectivity index (χ2v) is 8.59. The van der Waals surface area contributed by atoms with Gasteiger partial charge in [-0.3, -0.25) is 4.79 Å². The Morgan fingerprint density at radius 2 is 1.07 bits per heavy atom. The molecule has 0 unspecified atom stereocenters. The summed E-state index contributed by atoms with van der Waals surface area (Å²) in [5.74, 6) is 0.159. The molecule has 0 saturated carbocycles. The number of esters is 1. The summed E-state index contributed by atoms with van der Waals surface area (Å²) in [4.78, 5) is 22.4. The molecule has 3 heteroatoms. The van der Waals surface area contributed by atoms with Gasteiger partial charge >= 0.3 is 5.97 Å². The molecule has 0 rings (SSSR count). The summed E-state index contributed by atoms with van der Waals surface area (Å²) >= 11 is 0. The first kappa shape index (κ1) is 26.1. The zero-order chi connectivity index (χ0) is 20.4. The summed E-state index contributed by atoms with van der Waals surface area (Å²) in [6.45, 7) is 7.57. The van der Waals surface area contributed by atoms with Crippen LogP contribution in [-0.2, 0) is 14.3 Å². The maximum absolute atomic E-state index is 11.5. The molecule has 0 radical (unpaired) electrons. The van der Waals surface area contributed by atoms with Gasteiger partial charge in [-0.1, -0.05) is 77.6 Å². The van der Waals surface area contributed by atoms with Crippen molar-refractivity contribution in [2.75, 3.05) is 0 Å². The van der Waals surface area contributed by atoms with Crippen molar-refractivity contribution in [3.63, 3.8) is 0 Å². The van der Waals surface area contributed by atoms with E-state index in [9.17, 15) is 9.59 Å². The minimum Gasteiger partial charge on any atom is -0.460 e. The number of hydrogen-bond acceptors (Lipinski definition) is 3. The van der Waals surface area contributed by atoms with E-state index in [0.717, 1.165) is 38.5 Å². The molecule has 0 aliphatic carbocycles. The highest BCUT2D eigenvalue weighted by atomic mass is 16.6. The van der Waals surface area contributed by atoms with Crippen molar-refractivity contribution >= 4 is 11.8 Å². The summed E-state index contributed by atoms with van der Waals surface area (Å²) < 4.78 is 5.69. The molecular weight excluding hydrogens is 336 g/mol. The molecule has 0 aromatic carbocycles. The van der Waals surface area contributed by atoms with Crippen molar-refractivity contribution in [1.29, 1.82) is 0 Å². The topological polar surface area (TPSA) is 43.4 Å². The molecule has 0 aromatic heterocycles. The van der Waals surface area contributed by atoms with Gasteiger partial charge in [0.15, 0.2) is 0 Å². The minimum atomic E-state index is -0.281. The maximum atomic E-state index is 11.5. The second-order valence-electron chi connectivity index (χ2n) is 8.59. The number of ether oxygens (including phenoxy) is 1. The van der Waals surface area contributed by atoms with Crippen LogP contribution in [0.15, 0.2) is 0 Å². The zero-order valence-corrected chi connectivity index (χ0v) is 18.7. The van der Waals surface area contributed by atoms with E-state index >= 15 is 0 Å². The van der Waals surface area contributed by atoms with E-state index in [1.54, 1.807) is 6.92 Å². The number of rotatable bonds is 19. The number of carbonyl (C=O) groups excluding carboxylic acids is 2. The van der Waals surface area contributed by atoms with Crippen LogP contribution in [0.3, 0.4) is 0 Å². The Bertz CT molecular complexity index is 378. The molecule has 0 fully saturated rings. The zero-order valence-electron chi connectivity index (χ0n) is 18.7. The van der Waals surface area contributed by atoms with Crippen LogP contribution >= 0.6 is 0 Å². The van der Waals surface area contributed by atoms with E-state index in [1.807, 2.05) is 0 Å². The fraction of sp³-hybridized carbons (Fsp3) is 0.917. The molecular formula is C24H46O3. The molecule has 160 valence electrons. The lowest BCUT2D eigenvalue weighted by atomic mass is 9.91. The van der Waals surface area contributed by atoms with Crippen LogP contribution in [0.5, 0.6) is 0 Å². The average Bonchev–Trinajstić information content (AvgIpc) is 2.58. The van der Waals surface area contributed by atoms with Crippen molar-refractivity contribution in [1.82, 2.24) is 0 Å². The third kappa shape index (κ3) is 18.3. The van der Waals surface area contributed by atoms with Crippen LogP contribution < -0.4 is 0 Å². The Hall–Kier alpha value is -0.860. The predicted octanol–water partition coefficient (Wildman–Crippen LogP) is 7.55. The third-order valence-electron chi connectivity index (χ3n) is 5.43. The van der Waals surface area contributed by atoms with Crippen LogP contribution in [-0.4, -0.2) is 17.4 Å². The van der Waals surface area contributed by atoms with Crippen molar-refractivity contribution in [3.8, 4) is 0 Å². The van der Waals surface area contributed by atoms with Crippen LogP contribution in [0.4, 0.5) is 0 Å². The number of ketones is 1. The normalized spacial score (nSPS) is 13.3. The Balaban J connectivity index is 3.84. The maximum Gasteiger partial charge on any atom is 0.303 e. The average molecular weight is 383 g/mol. The summed E-state index contributed by atoms with van der Waals surface area (Å²) in [7, 11) is 0. The molecule has 0 aliphatic rings. The standard InChI is InChI=1S/C24H46O3/c1-5-6-7-8-11-14-17-20-24(4,27-23(3)26)21-18-15-12-9-10-13-16-19-22(2)25/h5-21H2,1-4H3/t24-/m0/s1. The van der Waals surface area contributed by atoms with E-state index < -0.39 is 0 Å². The molecule has 27 heavy (non-hydrogen) atoms. The SMILES string of the molecule is CCCCCCCCC[C@@](C)(CCCCCCCCCC(C)=O)OC(C)=O. The molecule has 0 N–H and O–H groups in total. The monoisotopic (exact) mass is 382 g/mol. The summed E-state index contributed by atoms with van der Waals surface area (Å²) in [6, 6.07) is 0. The van der Waals surface area contributed by atoms with Crippen molar-refractivity contribution in [2.24, 2.45) is 0 Å². The molecule has 0 bridgehead atoms. The Morgan fingerprint density at radius 3 is 1.48 bits per heavy atom. The van der Waals surface area contributed by atoms with Gasteiger partial charge in [-0.05, 0) is 46.0 Å². The van der Waals surface area contributed by atoms with Gasteiger partial charge in [0, 0.05) is 13.3 Å². The van der Waals surface area contributed by atoms with Crippen LogP contribution in [0.1, 0.15) is 137 Å². The Labute approximate surface area is 169 Å². The van der Waals surface area contributed by atoms with Crippen molar-refractivity contribution in [3.05, 3.63) is 0 Å². The fourth-order valence-corrected chi connectivity index (χ4v) is 3.79. The van der Waals surface area contributed by atoms with Crippen molar-refractivity contribution < 1.29 is 14.3 Å². The number of carbonyl (C=O) groups is 2. The highest BCUT2D eigenvalue weighted by Crippen LogP contribution is 2.27. The van der Waals surface area contributed by atoms with Gasteiger partial charge < -0.3 is 9.53 Å².